The fourth-order valence-electron chi connectivity index (χ4n) is 4.36. The molecule has 1 aliphatic carbocycles. The second kappa shape index (κ2) is 19.3. The third kappa shape index (κ3) is 12.8. The van der Waals surface area contributed by atoms with E-state index in [0.717, 1.165) is 6.42 Å². The molecule has 0 spiro atoms. The van der Waals surface area contributed by atoms with Gasteiger partial charge in [-0.3, -0.25) is 4.79 Å². The summed E-state index contributed by atoms with van der Waals surface area (Å²) in [6.07, 6.45) is 22.9. The lowest BCUT2D eigenvalue weighted by molar-refractivity contribution is -0.149. The quantitative estimate of drug-likeness (QED) is 0.142. The predicted molar refractivity (Wildman–Crippen MR) is 131 cm³/mol. The fourth-order valence-corrected chi connectivity index (χ4v) is 4.36. The highest BCUT2D eigenvalue weighted by atomic mass is 16.6. The van der Waals surface area contributed by atoms with Gasteiger partial charge in [0.05, 0.1) is 19.1 Å². The van der Waals surface area contributed by atoms with E-state index in [9.17, 15) is 9.90 Å². The van der Waals surface area contributed by atoms with Crippen molar-refractivity contribution in [3.05, 3.63) is 23.8 Å². The molecule has 0 saturated heterocycles. The maximum Gasteiger partial charge on any atom is 0.310 e. The van der Waals surface area contributed by atoms with Gasteiger partial charge in [0.2, 0.25) is 0 Å². The Bertz CT molecular complexity index is 528. The second-order valence-corrected chi connectivity index (χ2v) is 8.95. The molecule has 0 amide bonds. The molecule has 32 heavy (non-hydrogen) atoms. The number of hydrogen-bond acceptors (Lipinski definition) is 5. The summed E-state index contributed by atoms with van der Waals surface area (Å²) in [6.45, 7) is 2.13. The molecule has 5 heteroatoms. The van der Waals surface area contributed by atoms with Gasteiger partial charge >= 0.3 is 5.97 Å². The van der Waals surface area contributed by atoms with E-state index >= 15 is 0 Å². The van der Waals surface area contributed by atoms with Gasteiger partial charge in [-0.2, -0.15) is 0 Å². The smallest absolute Gasteiger partial charge is 0.310 e. The second-order valence-electron chi connectivity index (χ2n) is 8.95. The lowest BCUT2D eigenvalue weighted by Gasteiger charge is -2.33. The molecule has 0 aromatic rings. The zero-order valence-electron chi connectivity index (χ0n) is 20.9. The molecule has 0 heterocycles. The number of ether oxygens (including phenoxy) is 3. The highest BCUT2D eigenvalue weighted by Crippen LogP contribution is 2.25. The van der Waals surface area contributed by atoms with Crippen LogP contribution in [-0.2, 0) is 19.0 Å². The number of rotatable bonds is 19. The van der Waals surface area contributed by atoms with E-state index in [1.54, 1.807) is 20.3 Å². The van der Waals surface area contributed by atoms with E-state index < -0.39 is 0 Å². The number of unbranched alkanes of at least 4 members (excludes halogenated alkanes) is 12. The third-order valence-corrected chi connectivity index (χ3v) is 6.27. The van der Waals surface area contributed by atoms with E-state index in [1.165, 1.54) is 77.0 Å². The Morgan fingerprint density at radius 3 is 2.06 bits per heavy atom. The topological polar surface area (TPSA) is 65.0 Å². The van der Waals surface area contributed by atoms with E-state index in [0.29, 0.717) is 12.0 Å². The molecule has 5 nitrogen and oxygen atoms in total. The third-order valence-electron chi connectivity index (χ3n) is 6.27. The van der Waals surface area contributed by atoms with Crippen molar-refractivity contribution in [1.82, 2.24) is 0 Å². The first-order chi connectivity index (χ1) is 15.7. The van der Waals surface area contributed by atoms with Crippen LogP contribution in [0.5, 0.6) is 0 Å². The number of aliphatic hydroxyl groups is 1. The first kappa shape index (κ1) is 28.9. The summed E-state index contributed by atoms with van der Waals surface area (Å²) in [5.41, 5.74) is 0.700. The van der Waals surface area contributed by atoms with E-state index in [-0.39, 0.29) is 37.3 Å². The van der Waals surface area contributed by atoms with Crippen molar-refractivity contribution in [2.24, 2.45) is 0 Å². The average Bonchev–Trinajstić information content (AvgIpc) is 2.80. The van der Waals surface area contributed by atoms with Crippen LogP contribution in [0.2, 0.25) is 0 Å². The van der Waals surface area contributed by atoms with Gasteiger partial charge in [-0.15, -0.1) is 0 Å². The Hall–Kier alpha value is -1.17. The van der Waals surface area contributed by atoms with Crippen molar-refractivity contribution < 1.29 is 24.1 Å². The molecule has 0 fully saturated rings. The summed E-state index contributed by atoms with van der Waals surface area (Å²) in [5.74, 6) is -0.250. The molecule has 0 aromatic carbocycles. The summed E-state index contributed by atoms with van der Waals surface area (Å²) in [5, 5.41) is 9.55. The van der Waals surface area contributed by atoms with Crippen molar-refractivity contribution in [1.29, 1.82) is 0 Å². The first-order valence-electron chi connectivity index (χ1n) is 12.9. The molecule has 0 radical (unpaired) electrons. The van der Waals surface area contributed by atoms with Crippen LogP contribution in [-0.4, -0.2) is 50.2 Å². The number of aliphatic hydroxyl groups excluding tert-OH is 1. The van der Waals surface area contributed by atoms with Crippen LogP contribution in [0, 0.1) is 0 Å². The number of methoxy groups -OCH3 is 2. The molecule has 1 rings (SSSR count). The lowest BCUT2D eigenvalue weighted by Crippen LogP contribution is -2.40. The molecule has 1 aliphatic rings. The van der Waals surface area contributed by atoms with Crippen molar-refractivity contribution >= 4 is 5.97 Å². The SMILES string of the molecule is CCCCCCCCCCCCCC/C=C/CC(=O)O[C@@H]1C=C(CO)[C@@H](OC)[C@@H](OC)C1. The van der Waals surface area contributed by atoms with Crippen LogP contribution < -0.4 is 0 Å². The maximum atomic E-state index is 12.1. The van der Waals surface area contributed by atoms with Crippen molar-refractivity contribution in [3.8, 4) is 0 Å². The van der Waals surface area contributed by atoms with Gasteiger partial charge in [0.25, 0.3) is 0 Å². The highest BCUT2D eigenvalue weighted by molar-refractivity contribution is 5.71. The summed E-state index contributed by atoms with van der Waals surface area (Å²) >= 11 is 0. The monoisotopic (exact) mass is 452 g/mol. The van der Waals surface area contributed by atoms with Gasteiger partial charge < -0.3 is 19.3 Å². The van der Waals surface area contributed by atoms with Gasteiger partial charge in [-0.25, -0.2) is 0 Å². The molecule has 186 valence electrons. The molecule has 0 bridgehead atoms. The highest BCUT2D eigenvalue weighted by Gasteiger charge is 2.33. The number of carbonyl (C=O) groups excluding carboxylic acids is 1. The minimum atomic E-state index is -0.384. The van der Waals surface area contributed by atoms with E-state index in [1.807, 2.05) is 6.08 Å². The summed E-state index contributed by atoms with van der Waals surface area (Å²) in [4.78, 5) is 12.1. The zero-order valence-corrected chi connectivity index (χ0v) is 20.9. The van der Waals surface area contributed by atoms with Gasteiger partial charge in [-0.1, -0.05) is 89.7 Å². The molecule has 0 aliphatic heterocycles. The molecule has 1 N–H and O–H groups in total. The van der Waals surface area contributed by atoms with Crippen LogP contribution >= 0.6 is 0 Å². The molecule has 0 unspecified atom stereocenters. The zero-order chi connectivity index (χ0) is 23.4. The van der Waals surface area contributed by atoms with Gasteiger partial charge in [-0.05, 0) is 24.5 Å². The Labute approximate surface area is 196 Å². The molecule has 3 atom stereocenters. The normalized spacial score (nSPS) is 21.1. The summed E-state index contributed by atoms with van der Waals surface area (Å²) in [7, 11) is 3.20. The molecule has 0 saturated carbocycles. The summed E-state index contributed by atoms with van der Waals surface area (Å²) < 4.78 is 16.4. The van der Waals surface area contributed by atoms with Crippen LogP contribution in [0.3, 0.4) is 0 Å². The number of esters is 1. The van der Waals surface area contributed by atoms with Crippen LogP contribution in [0.4, 0.5) is 0 Å². The van der Waals surface area contributed by atoms with Gasteiger partial charge in [0, 0.05) is 20.6 Å². The minimum absolute atomic E-state index is 0.134. The average molecular weight is 453 g/mol. The molecular weight excluding hydrogens is 404 g/mol. The van der Waals surface area contributed by atoms with Crippen molar-refractivity contribution in [2.45, 2.75) is 122 Å². The fraction of sp³-hybridized carbons (Fsp3) is 0.815. The van der Waals surface area contributed by atoms with Crippen LogP contribution in [0.25, 0.3) is 0 Å². The Morgan fingerprint density at radius 2 is 1.53 bits per heavy atom. The maximum absolute atomic E-state index is 12.1. The Balaban J connectivity index is 2.06. The van der Waals surface area contributed by atoms with E-state index in [4.69, 9.17) is 14.2 Å². The van der Waals surface area contributed by atoms with E-state index in [2.05, 4.69) is 13.0 Å². The first-order valence-corrected chi connectivity index (χ1v) is 12.9. The molecule has 0 aromatic heterocycles. The number of hydrogen-bond donors (Lipinski definition) is 1. The largest absolute Gasteiger partial charge is 0.458 e. The predicted octanol–water partition coefficient (Wildman–Crippen LogP) is 6.29. The van der Waals surface area contributed by atoms with Gasteiger partial charge in [0.1, 0.15) is 12.2 Å². The van der Waals surface area contributed by atoms with Crippen molar-refractivity contribution in [3.63, 3.8) is 0 Å². The standard InChI is InChI=1S/C27H48O5/c1-4-5-6-7-8-9-10-11-12-13-14-15-16-17-18-19-26(29)32-24-20-23(22-28)27(31-3)25(21-24)30-2/h17-18,20,24-25,27-28H,4-16,19,21-22H2,1-3H3/b18-17+/t24-,25+,27-/m1/s1. The number of allylic oxidation sites excluding steroid dienone is 1. The summed E-state index contributed by atoms with van der Waals surface area (Å²) in [6, 6.07) is 0. The molecular formula is C27H48O5. The van der Waals surface area contributed by atoms with Gasteiger partial charge in [0.15, 0.2) is 0 Å². The number of carbonyl (C=O) groups is 1. The Kier molecular flexibility index (Phi) is 17.4. The minimum Gasteiger partial charge on any atom is -0.458 e. The Morgan fingerprint density at radius 1 is 0.938 bits per heavy atom. The lowest BCUT2D eigenvalue weighted by atomic mass is 9.92. The van der Waals surface area contributed by atoms with Crippen LogP contribution in [0.15, 0.2) is 23.8 Å². The van der Waals surface area contributed by atoms with Crippen molar-refractivity contribution in [2.75, 3.05) is 20.8 Å². The van der Waals surface area contributed by atoms with Crippen LogP contribution in [0.1, 0.15) is 103 Å².